The Bertz CT molecular complexity index is 573. The number of halogens is 1. The van der Waals surface area contributed by atoms with Gasteiger partial charge in [0.05, 0.1) is 17.8 Å². The first-order valence-corrected chi connectivity index (χ1v) is 5.71. The molecule has 1 aromatic heterocycles. The van der Waals surface area contributed by atoms with Gasteiger partial charge in [0.2, 0.25) is 5.89 Å². The van der Waals surface area contributed by atoms with Crippen molar-refractivity contribution in [2.24, 2.45) is 0 Å². The highest BCUT2D eigenvalue weighted by Crippen LogP contribution is 2.20. The van der Waals surface area contributed by atoms with Gasteiger partial charge in [-0.3, -0.25) is 0 Å². The molecule has 0 amide bonds. The fourth-order valence-electron chi connectivity index (χ4n) is 1.35. The number of aryl methyl sites for hydroxylation is 1. The minimum atomic E-state index is 0.424. The van der Waals surface area contributed by atoms with Crippen LogP contribution in [-0.2, 0) is 6.54 Å². The highest BCUT2D eigenvalue weighted by atomic mass is 79.9. The van der Waals surface area contributed by atoms with E-state index in [2.05, 4.69) is 37.5 Å². The van der Waals surface area contributed by atoms with Crippen LogP contribution in [-0.4, -0.2) is 10.1 Å². The number of anilines is 1. The second-order valence-electron chi connectivity index (χ2n) is 3.38. The number of hydrogen-bond acceptors (Lipinski definition) is 5. The highest BCUT2D eigenvalue weighted by molar-refractivity contribution is 9.10. The predicted molar refractivity (Wildman–Crippen MR) is 65.2 cm³/mol. The molecule has 0 saturated heterocycles. The fourth-order valence-corrected chi connectivity index (χ4v) is 1.71. The SMILES string of the molecule is Cc1nc(CNc2ccc(Br)cc2C#N)no1. The first-order valence-electron chi connectivity index (χ1n) is 4.92. The zero-order chi connectivity index (χ0) is 12.3. The molecule has 0 aliphatic heterocycles. The van der Waals surface area contributed by atoms with Gasteiger partial charge >= 0.3 is 0 Å². The molecule has 0 saturated carbocycles. The van der Waals surface area contributed by atoms with Gasteiger partial charge in [-0.25, -0.2) is 0 Å². The van der Waals surface area contributed by atoms with Crippen LogP contribution in [0.1, 0.15) is 17.3 Å². The number of aromatic nitrogens is 2. The van der Waals surface area contributed by atoms with Crippen LogP contribution in [0.2, 0.25) is 0 Å². The quantitative estimate of drug-likeness (QED) is 0.941. The molecule has 17 heavy (non-hydrogen) atoms. The van der Waals surface area contributed by atoms with E-state index in [0.29, 0.717) is 23.8 Å². The molecule has 0 atom stereocenters. The summed E-state index contributed by atoms with van der Waals surface area (Å²) in [6, 6.07) is 7.57. The number of nitrogens with zero attached hydrogens (tertiary/aromatic N) is 3. The molecule has 6 heteroatoms. The van der Waals surface area contributed by atoms with Gasteiger partial charge in [0.15, 0.2) is 5.82 Å². The van der Waals surface area contributed by atoms with Crippen LogP contribution in [0.3, 0.4) is 0 Å². The number of nitrogens with one attached hydrogen (secondary N) is 1. The summed E-state index contributed by atoms with van der Waals surface area (Å²) in [5, 5.41) is 15.8. The number of nitriles is 1. The highest BCUT2D eigenvalue weighted by Gasteiger charge is 2.05. The van der Waals surface area contributed by atoms with Crippen LogP contribution >= 0.6 is 15.9 Å². The molecule has 2 rings (SSSR count). The molecule has 0 bridgehead atoms. The lowest BCUT2D eigenvalue weighted by Crippen LogP contribution is -2.02. The Kier molecular flexibility index (Phi) is 3.40. The summed E-state index contributed by atoms with van der Waals surface area (Å²) in [6.45, 7) is 2.16. The van der Waals surface area contributed by atoms with Crippen molar-refractivity contribution in [3.63, 3.8) is 0 Å². The van der Waals surface area contributed by atoms with Crippen molar-refractivity contribution in [2.75, 3.05) is 5.32 Å². The largest absolute Gasteiger partial charge is 0.377 e. The molecule has 1 heterocycles. The van der Waals surface area contributed by atoms with Crippen LogP contribution in [0.15, 0.2) is 27.2 Å². The third kappa shape index (κ3) is 2.82. The molecule has 5 nitrogen and oxygen atoms in total. The van der Waals surface area contributed by atoms with E-state index in [4.69, 9.17) is 9.78 Å². The average Bonchev–Trinajstić information content (AvgIpc) is 2.73. The summed E-state index contributed by atoms with van der Waals surface area (Å²) in [6.07, 6.45) is 0. The minimum Gasteiger partial charge on any atom is -0.377 e. The molecule has 0 aliphatic carbocycles. The zero-order valence-electron chi connectivity index (χ0n) is 9.07. The van der Waals surface area contributed by atoms with Crippen molar-refractivity contribution in [1.29, 1.82) is 5.26 Å². The third-order valence-electron chi connectivity index (χ3n) is 2.11. The van der Waals surface area contributed by atoms with Crippen molar-refractivity contribution < 1.29 is 4.52 Å². The molecule has 0 unspecified atom stereocenters. The Morgan fingerprint density at radius 1 is 1.53 bits per heavy atom. The van der Waals surface area contributed by atoms with Gasteiger partial charge in [0.25, 0.3) is 0 Å². The summed E-state index contributed by atoms with van der Waals surface area (Å²) in [5.74, 6) is 1.09. The van der Waals surface area contributed by atoms with Gasteiger partial charge in [0.1, 0.15) is 6.07 Å². The maximum absolute atomic E-state index is 8.98. The zero-order valence-corrected chi connectivity index (χ0v) is 10.7. The standard InChI is InChI=1S/C11H9BrN4O/c1-7-15-11(16-17-7)6-14-10-3-2-9(12)4-8(10)5-13/h2-4,14H,6H2,1H3. The van der Waals surface area contributed by atoms with Gasteiger partial charge < -0.3 is 9.84 Å². The number of benzene rings is 1. The summed E-state index contributed by atoms with van der Waals surface area (Å²) in [5.41, 5.74) is 1.32. The molecular formula is C11H9BrN4O. The summed E-state index contributed by atoms with van der Waals surface area (Å²) >= 11 is 3.32. The summed E-state index contributed by atoms with van der Waals surface area (Å²) in [7, 11) is 0. The topological polar surface area (TPSA) is 74.7 Å². The Balaban J connectivity index is 2.12. The Morgan fingerprint density at radius 3 is 3.00 bits per heavy atom. The van der Waals surface area contributed by atoms with Crippen LogP contribution in [0, 0.1) is 18.3 Å². The van der Waals surface area contributed by atoms with E-state index in [0.717, 1.165) is 10.2 Å². The molecular weight excluding hydrogens is 284 g/mol. The second kappa shape index (κ2) is 4.97. The van der Waals surface area contributed by atoms with Crippen molar-refractivity contribution in [3.05, 3.63) is 40.0 Å². The lowest BCUT2D eigenvalue weighted by atomic mass is 10.2. The molecule has 2 aromatic rings. The minimum absolute atomic E-state index is 0.424. The first kappa shape index (κ1) is 11.6. The molecule has 1 N–H and O–H groups in total. The van der Waals surface area contributed by atoms with Crippen molar-refractivity contribution in [2.45, 2.75) is 13.5 Å². The van der Waals surface area contributed by atoms with Crippen molar-refractivity contribution in [3.8, 4) is 6.07 Å². The average molecular weight is 293 g/mol. The lowest BCUT2D eigenvalue weighted by molar-refractivity contribution is 0.388. The summed E-state index contributed by atoms with van der Waals surface area (Å²) in [4.78, 5) is 4.07. The lowest BCUT2D eigenvalue weighted by Gasteiger charge is -2.05. The maximum Gasteiger partial charge on any atom is 0.223 e. The van der Waals surface area contributed by atoms with Crippen LogP contribution < -0.4 is 5.32 Å². The van der Waals surface area contributed by atoms with Crippen LogP contribution in [0.5, 0.6) is 0 Å². The Morgan fingerprint density at radius 2 is 2.35 bits per heavy atom. The monoisotopic (exact) mass is 292 g/mol. The van der Waals surface area contributed by atoms with E-state index in [1.807, 2.05) is 12.1 Å². The molecule has 0 spiro atoms. The maximum atomic E-state index is 8.98. The normalized spacial score (nSPS) is 9.94. The molecule has 1 aromatic carbocycles. The van der Waals surface area contributed by atoms with Crippen LogP contribution in [0.4, 0.5) is 5.69 Å². The molecule has 0 aliphatic rings. The number of rotatable bonds is 3. The van der Waals surface area contributed by atoms with Gasteiger partial charge in [-0.05, 0) is 18.2 Å². The fraction of sp³-hybridized carbons (Fsp3) is 0.182. The number of hydrogen-bond donors (Lipinski definition) is 1. The Hall–Kier alpha value is -1.87. The van der Waals surface area contributed by atoms with E-state index in [1.165, 1.54) is 0 Å². The summed E-state index contributed by atoms with van der Waals surface area (Å²) < 4.78 is 5.73. The second-order valence-corrected chi connectivity index (χ2v) is 4.30. The molecule has 86 valence electrons. The van der Waals surface area contributed by atoms with E-state index in [-0.39, 0.29) is 0 Å². The van der Waals surface area contributed by atoms with Gasteiger partial charge in [-0.1, -0.05) is 21.1 Å². The van der Waals surface area contributed by atoms with E-state index < -0.39 is 0 Å². The molecule has 0 radical (unpaired) electrons. The van der Waals surface area contributed by atoms with Gasteiger partial charge in [-0.2, -0.15) is 10.2 Å². The van der Waals surface area contributed by atoms with Gasteiger partial charge in [-0.15, -0.1) is 0 Å². The predicted octanol–water partition coefficient (Wildman–Crippen LogP) is 2.62. The van der Waals surface area contributed by atoms with Crippen molar-refractivity contribution >= 4 is 21.6 Å². The van der Waals surface area contributed by atoms with Crippen molar-refractivity contribution in [1.82, 2.24) is 10.1 Å². The van der Waals surface area contributed by atoms with Gasteiger partial charge in [0, 0.05) is 11.4 Å². The first-order chi connectivity index (χ1) is 8.19. The molecule has 0 fully saturated rings. The van der Waals surface area contributed by atoms with E-state index in [1.54, 1.807) is 13.0 Å². The van der Waals surface area contributed by atoms with E-state index in [9.17, 15) is 0 Å². The Labute approximate surface area is 107 Å². The third-order valence-corrected chi connectivity index (χ3v) is 2.60. The van der Waals surface area contributed by atoms with Crippen LogP contribution in [0.25, 0.3) is 0 Å². The smallest absolute Gasteiger partial charge is 0.223 e. The van der Waals surface area contributed by atoms with E-state index >= 15 is 0 Å².